The Morgan fingerprint density at radius 3 is 2.86 bits per heavy atom. The van der Waals surface area contributed by atoms with Crippen LogP contribution in [0.1, 0.15) is 0 Å². The molecule has 0 saturated carbocycles. The van der Waals surface area contributed by atoms with Crippen molar-refractivity contribution in [3.8, 4) is 28.4 Å². The molecular formula is C16H16FNO3. The van der Waals surface area contributed by atoms with Crippen LogP contribution in [0.4, 0.5) is 4.39 Å². The molecule has 0 amide bonds. The highest BCUT2D eigenvalue weighted by atomic mass is 19.1. The summed E-state index contributed by atoms with van der Waals surface area (Å²) in [5.74, 6) is 1.16. The van der Waals surface area contributed by atoms with Gasteiger partial charge in [-0.1, -0.05) is 18.2 Å². The molecule has 1 aliphatic heterocycles. The van der Waals surface area contributed by atoms with Gasteiger partial charge in [-0.05, 0) is 18.2 Å². The fourth-order valence-electron chi connectivity index (χ4n) is 2.38. The first-order valence-corrected chi connectivity index (χ1v) is 6.70. The second-order valence-corrected chi connectivity index (χ2v) is 4.74. The molecule has 0 unspecified atom stereocenters. The average Bonchev–Trinajstić information content (AvgIpc) is 2.53. The molecule has 1 atom stereocenters. The summed E-state index contributed by atoms with van der Waals surface area (Å²) in [4.78, 5) is 0. The molecule has 21 heavy (non-hydrogen) atoms. The van der Waals surface area contributed by atoms with Crippen LogP contribution in [0.25, 0.3) is 11.1 Å². The van der Waals surface area contributed by atoms with Gasteiger partial charge in [0, 0.05) is 12.1 Å². The van der Waals surface area contributed by atoms with E-state index in [-0.39, 0.29) is 11.9 Å². The standard InChI is InChI=1S/C16H16FNO3/c1-19-13-6-3-5-12(17)15(13)11-4-2-7-14-16(11)21-10(8-18)9-20-14/h2-7,10H,8-9,18H2,1H3/t10-/m0/s1. The van der Waals surface area contributed by atoms with Crippen molar-refractivity contribution in [3.05, 3.63) is 42.2 Å². The quantitative estimate of drug-likeness (QED) is 0.943. The van der Waals surface area contributed by atoms with Crippen molar-refractivity contribution in [2.45, 2.75) is 6.10 Å². The normalized spacial score (nSPS) is 16.6. The molecule has 0 radical (unpaired) electrons. The van der Waals surface area contributed by atoms with Gasteiger partial charge in [0.15, 0.2) is 11.5 Å². The number of fused-ring (bicyclic) bond motifs is 1. The largest absolute Gasteiger partial charge is 0.496 e. The van der Waals surface area contributed by atoms with E-state index in [1.165, 1.54) is 13.2 Å². The SMILES string of the molecule is COc1cccc(F)c1-c1cccc2c1O[C@@H](CN)CO2. The highest BCUT2D eigenvalue weighted by Gasteiger charge is 2.25. The van der Waals surface area contributed by atoms with E-state index in [2.05, 4.69) is 0 Å². The Kier molecular flexibility index (Phi) is 3.66. The van der Waals surface area contributed by atoms with E-state index in [0.717, 1.165) is 0 Å². The van der Waals surface area contributed by atoms with Crippen LogP contribution in [0.5, 0.6) is 17.2 Å². The van der Waals surface area contributed by atoms with E-state index < -0.39 is 0 Å². The zero-order chi connectivity index (χ0) is 14.8. The minimum Gasteiger partial charge on any atom is -0.496 e. The maximum absolute atomic E-state index is 14.3. The molecule has 2 aromatic rings. The molecule has 0 saturated heterocycles. The van der Waals surface area contributed by atoms with Crippen LogP contribution < -0.4 is 19.9 Å². The van der Waals surface area contributed by atoms with E-state index in [0.29, 0.717) is 41.5 Å². The maximum atomic E-state index is 14.3. The summed E-state index contributed by atoms with van der Waals surface area (Å²) in [6.07, 6.45) is -0.239. The highest BCUT2D eigenvalue weighted by Crippen LogP contribution is 2.44. The number of para-hydroxylation sites is 1. The number of benzene rings is 2. The van der Waals surface area contributed by atoms with Crippen LogP contribution >= 0.6 is 0 Å². The molecule has 0 spiro atoms. The third kappa shape index (κ3) is 2.40. The Morgan fingerprint density at radius 1 is 1.29 bits per heavy atom. The van der Waals surface area contributed by atoms with Crippen molar-refractivity contribution in [2.75, 3.05) is 20.3 Å². The first-order valence-electron chi connectivity index (χ1n) is 6.70. The highest BCUT2D eigenvalue weighted by molar-refractivity contribution is 5.79. The van der Waals surface area contributed by atoms with Gasteiger partial charge < -0.3 is 19.9 Å². The summed E-state index contributed by atoms with van der Waals surface area (Å²) in [6.45, 7) is 0.726. The molecule has 1 heterocycles. The molecule has 0 bridgehead atoms. The van der Waals surface area contributed by atoms with Crippen molar-refractivity contribution in [1.82, 2.24) is 0 Å². The molecule has 0 aliphatic carbocycles. The van der Waals surface area contributed by atoms with Gasteiger partial charge >= 0.3 is 0 Å². The lowest BCUT2D eigenvalue weighted by Crippen LogP contribution is -2.35. The molecule has 0 aromatic heterocycles. The van der Waals surface area contributed by atoms with Crippen LogP contribution in [0.15, 0.2) is 36.4 Å². The van der Waals surface area contributed by atoms with E-state index in [9.17, 15) is 4.39 Å². The Morgan fingerprint density at radius 2 is 2.10 bits per heavy atom. The third-order valence-electron chi connectivity index (χ3n) is 3.42. The van der Waals surface area contributed by atoms with Crippen LogP contribution in [-0.2, 0) is 0 Å². The lowest BCUT2D eigenvalue weighted by molar-refractivity contribution is 0.0976. The summed E-state index contributed by atoms with van der Waals surface area (Å²) in [7, 11) is 1.51. The second kappa shape index (κ2) is 5.61. The number of rotatable bonds is 3. The van der Waals surface area contributed by atoms with Crippen molar-refractivity contribution in [3.63, 3.8) is 0 Å². The van der Waals surface area contributed by atoms with Gasteiger partial charge in [0.25, 0.3) is 0 Å². The van der Waals surface area contributed by atoms with Gasteiger partial charge in [-0.25, -0.2) is 4.39 Å². The molecule has 2 aromatic carbocycles. The Hall–Kier alpha value is -2.27. The minimum absolute atomic E-state index is 0.239. The van der Waals surface area contributed by atoms with Crippen molar-refractivity contribution >= 4 is 0 Å². The molecule has 4 nitrogen and oxygen atoms in total. The average molecular weight is 289 g/mol. The number of hydrogen-bond acceptors (Lipinski definition) is 4. The van der Waals surface area contributed by atoms with Crippen LogP contribution in [0.2, 0.25) is 0 Å². The monoisotopic (exact) mass is 289 g/mol. The minimum atomic E-state index is -0.374. The van der Waals surface area contributed by atoms with Crippen molar-refractivity contribution < 1.29 is 18.6 Å². The van der Waals surface area contributed by atoms with Crippen LogP contribution in [0.3, 0.4) is 0 Å². The van der Waals surface area contributed by atoms with Gasteiger partial charge in [-0.15, -0.1) is 0 Å². The summed E-state index contributed by atoms with van der Waals surface area (Å²) in [5, 5.41) is 0. The van der Waals surface area contributed by atoms with Gasteiger partial charge in [0.05, 0.1) is 12.7 Å². The predicted molar refractivity (Wildman–Crippen MR) is 77.4 cm³/mol. The molecule has 0 fully saturated rings. The van der Waals surface area contributed by atoms with E-state index in [1.54, 1.807) is 30.3 Å². The lowest BCUT2D eigenvalue weighted by Gasteiger charge is -2.27. The molecule has 2 N–H and O–H groups in total. The first kappa shape index (κ1) is 13.7. The zero-order valence-corrected chi connectivity index (χ0v) is 11.6. The van der Waals surface area contributed by atoms with Crippen molar-refractivity contribution in [1.29, 1.82) is 0 Å². The Bertz CT molecular complexity index is 660. The number of nitrogens with two attached hydrogens (primary N) is 1. The zero-order valence-electron chi connectivity index (χ0n) is 11.6. The second-order valence-electron chi connectivity index (χ2n) is 4.74. The molecular weight excluding hydrogens is 273 g/mol. The summed E-state index contributed by atoms with van der Waals surface area (Å²) >= 11 is 0. The van der Waals surface area contributed by atoms with E-state index >= 15 is 0 Å². The molecule has 1 aliphatic rings. The Labute approximate surface area is 122 Å². The summed E-state index contributed by atoms with van der Waals surface area (Å²) in [5.41, 5.74) is 6.59. The van der Waals surface area contributed by atoms with Crippen LogP contribution in [0, 0.1) is 5.82 Å². The Balaban J connectivity index is 2.17. The predicted octanol–water partition coefficient (Wildman–Crippen LogP) is 2.60. The fourth-order valence-corrected chi connectivity index (χ4v) is 2.38. The number of hydrogen-bond donors (Lipinski definition) is 1. The number of methoxy groups -OCH3 is 1. The van der Waals surface area contributed by atoms with Gasteiger partial charge in [0.2, 0.25) is 0 Å². The third-order valence-corrected chi connectivity index (χ3v) is 3.42. The maximum Gasteiger partial charge on any atom is 0.169 e. The summed E-state index contributed by atoms with van der Waals surface area (Å²) in [6, 6.07) is 10.1. The van der Waals surface area contributed by atoms with E-state index in [4.69, 9.17) is 19.9 Å². The van der Waals surface area contributed by atoms with E-state index in [1.807, 2.05) is 0 Å². The van der Waals surface area contributed by atoms with Gasteiger partial charge in [-0.2, -0.15) is 0 Å². The summed E-state index contributed by atoms with van der Waals surface area (Å²) < 4.78 is 31.0. The van der Waals surface area contributed by atoms with Crippen molar-refractivity contribution in [2.24, 2.45) is 5.73 Å². The van der Waals surface area contributed by atoms with Crippen LogP contribution in [-0.4, -0.2) is 26.4 Å². The molecule has 110 valence electrons. The topological polar surface area (TPSA) is 53.7 Å². The smallest absolute Gasteiger partial charge is 0.169 e. The molecule has 3 rings (SSSR count). The first-order chi connectivity index (χ1) is 10.2. The van der Waals surface area contributed by atoms with Gasteiger partial charge in [0.1, 0.15) is 24.3 Å². The lowest BCUT2D eigenvalue weighted by atomic mass is 10.0. The fraction of sp³-hybridized carbons (Fsp3) is 0.250. The molecule has 5 heteroatoms. The number of halogens is 1. The van der Waals surface area contributed by atoms with Gasteiger partial charge in [-0.3, -0.25) is 0 Å². The number of ether oxygens (including phenoxy) is 3.